The molecule has 0 radical (unpaired) electrons. The third-order valence-electron chi connectivity index (χ3n) is 8.75. The van der Waals surface area contributed by atoms with E-state index < -0.39 is 16.8 Å². The van der Waals surface area contributed by atoms with E-state index in [0.29, 0.717) is 26.1 Å². The van der Waals surface area contributed by atoms with Gasteiger partial charge in [0, 0.05) is 24.6 Å². The van der Waals surface area contributed by atoms with Crippen molar-refractivity contribution in [3.63, 3.8) is 0 Å². The molecule has 6 aliphatic rings. The van der Waals surface area contributed by atoms with Gasteiger partial charge in [-0.3, -0.25) is 4.90 Å². The van der Waals surface area contributed by atoms with Gasteiger partial charge in [0.05, 0.1) is 31.3 Å². The van der Waals surface area contributed by atoms with Gasteiger partial charge in [-0.2, -0.15) is 0 Å². The number of fused-ring (bicyclic) bond motifs is 1. The number of methoxy groups -OCH3 is 1. The molecule has 1 aromatic carbocycles. The van der Waals surface area contributed by atoms with Crippen molar-refractivity contribution in [3.05, 3.63) is 23.3 Å². The molecule has 2 unspecified atom stereocenters. The van der Waals surface area contributed by atoms with Crippen molar-refractivity contribution in [1.29, 1.82) is 0 Å². The summed E-state index contributed by atoms with van der Waals surface area (Å²) in [6.45, 7) is 3.29. The topological polar surface area (TPSA) is 60.4 Å². The molecule has 3 heterocycles. The fraction of sp³-hybridized carbons (Fsp3) is 0.739. The van der Waals surface area contributed by atoms with Crippen LogP contribution in [0, 0.1) is 5.92 Å². The Hall–Kier alpha value is -1.34. The summed E-state index contributed by atoms with van der Waals surface area (Å²) in [4.78, 5) is 2.58. The van der Waals surface area contributed by atoms with Gasteiger partial charge in [0.15, 0.2) is 17.6 Å². The SMILES string of the molecule is COc1ccc2c3c1OC1C4(CCC5(O)[C@H](C2)N(CC2CC2)CC[C@@]315)OCCO4. The van der Waals surface area contributed by atoms with E-state index in [1.807, 2.05) is 6.07 Å². The molecular weight excluding hydrogens is 370 g/mol. The van der Waals surface area contributed by atoms with Gasteiger partial charge in [-0.15, -0.1) is 0 Å². The van der Waals surface area contributed by atoms with Gasteiger partial charge in [-0.25, -0.2) is 0 Å². The van der Waals surface area contributed by atoms with E-state index >= 15 is 0 Å². The van der Waals surface area contributed by atoms with Crippen molar-refractivity contribution in [2.45, 2.75) is 67.5 Å². The molecule has 156 valence electrons. The van der Waals surface area contributed by atoms with Gasteiger partial charge in [-0.05, 0) is 56.2 Å². The number of rotatable bonds is 3. The molecule has 6 heteroatoms. The Kier molecular flexibility index (Phi) is 3.27. The summed E-state index contributed by atoms with van der Waals surface area (Å²) >= 11 is 0. The van der Waals surface area contributed by atoms with Crippen LogP contribution in [0.1, 0.15) is 43.2 Å². The molecule has 0 amide bonds. The second kappa shape index (κ2) is 5.47. The van der Waals surface area contributed by atoms with Crippen LogP contribution in [0.4, 0.5) is 0 Å². The van der Waals surface area contributed by atoms with Crippen LogP contribution in [-0.2, 0) is 21.3 Å². The van der Waals surface area contributed by atoms with Crippen LogP contribution in [0.5, 0.6) is 11.5 Å². The molecule has 2 bridgehead atoms. The monoisotopic (exact) mass is 399 g/mol. The van der Waals surface area contributed by atoms with Crippen molar-refractivity contribution in [3.8, 4) is 11.5 Å². The van der Waals surface area contributed by atoms with Crippen LogP contribution in [0.2, 0.25) is 0 Å². The first-order valence-corrected chi connectivity index (χ1v) is 11.2. The number of aliphatic hydroxyl groups is 1. The van der Waals surface area contributed by atoms with Gasteiger partial charge < -0.3 is 24.1 Å². The van der Waals surface area contributed by atoms with E-state index in [4.69, 9.17) is 18.9 Å². The van der Waals surface area contributed by atoms with Gasteiger partial charge in [0.2, 0.25) is 5.79 Å². The van der Waals surface area contributed by atoms with Crippen LogP contribution in [0.25, 0.3) is 0 Å². The molecule has 0 aromatic heterocycles. The van der Waals surface area contributed by atoms with Gasteiger partial charge >= 0.3 is 0 Å². The van der Waals surface area contributed by atoms with E-state index in [2.05, 4.69) is 11.0 Å². The maximum Gasteiger partial charge on any atom is 0.207 e. The number of ether oxygens (including phenoxy) is 4. The van der Waals surface area contributed by atoms with Crippen molar-refractivity contribution < 1.29 is 24.1 Å². The van der Waals surface area contributed by atoms with Gasteiger partial charge in [0.1, 0.15) is 0 Å². The van der Waals surface area contributed by atoms with Crippen molar-refractivity contribution >= 4 is 0 Å². The highest BCUT2D eigenvalue weighted by molar-refractivity contribution is 5.63. The zero-order valence-corrected chi connectivity index (χ0v) is 17.0. The second-order valence-electron chi connectivity index (χ2n) is 9.94. The maximum atomic E-state index is 12.4. The number of hydrogen-bond acceptors (Lipinski definition) is 6. The fourth-order valence-corrected chi connectivity index (χ4v) is 7.36. The maximum absolute atomic E-state index is 12.4. The first-order valence-electron chi connectivity index (χ1n) is 11.2. The summed E-state index contributed by atoms with van der Waals surface area (Å²) in [6.07, 6.45) is 5.46. The number of nitrogens with zero attached hydrogens (tertiary/aromatic N) is 1. The molecule has 1 N–H and O–H groups in total. The van der Waals surface area contributed by atoms with Crippen molar-refractivity contribution in [1.82, 2.24) is 4.90 Å². The van der Waals surface area contributed by atoms with Gasteiger partial charge in [0.25, 0.3) is 0 Å². The van der Waals surface area contributed by atoms with Crippen LogP contribution in [-0.4, -0.2) is 67.0 Å². The zero-order chi connectivity index (χ0) is 19.4. The number of hydrogen-bond donors (Lipinski definition) is 1. The normalized spacial score (nSPS) is 41.3. The van der Waals surface area contributed by atoms with Crippen LogP contribution < -0.4 is 9.47 Å². The molecule has 1 aromatic rings. The lowest BCUT2D eigenvalue weighted by atomic mass is 9.48. The first-order chi connectivity index (χ1) is 14.1. The molecule has 6 nitrogen and oxygen atoms in total. The van der Waals surface area contributed by atoms with E-state index in [0.717, 1.165) is 43.3 Å². The Bertz CT molecular complexity index is 878. The summed E-state index contributed by atoms with van der Waals surface area (Å²) in [7, 11) is 1.69. The smallest absolute Gasteiger partial charge is 0.207 e. The van der Waals surface area contributed by atoms with Crippen LogP contribution >= 0.6 is 0 Å². The Balaban J connectivity index is 1.44. The predicted octanol–water partition coefficient (Wildman–Crippen LogP) is 2.00. The first kappa shape index (κ1) is 17.4. The minimum absolute atomic E-state index is 0.133. The molecule has 4 fully saturated rings. The lowest BCUT2D eigenvalue weighted by Gasteiger charge is -2.65. The Morgan fingerprint density at radius 3 is 2.76 bits per heavy atom. The van der Waals surface area contributed by atoms with Crippen LogP contribution in [0.3, 0.4) is 0 Å². The average molecular weight is 399 g/mol. The highest BCUT2D eigenvalue weighted by atomic mass is 16.8. The Morgan fingerprint density at radius 1 is 1.17 bits per heavy atom. The minimum Gasteiger partial charge on any atom is -0.493 e. The van der Waals surface area contributed by atoms with Gasteiger partial charge in [-0.1, -0.05) is 6.07 Å². The predicted molar refractivity (Wildman–Crippen MR) is 104 cm³/mol. The summed E-state index contributed by atoms with van der Waals surface area (Å²) in [5, 5.41) is 12.4. The minimum atomic E-state index is -0.823. The third-order valence-corrected chi connectivity index (χ3v) is 8.75. The lowest BCUT2D eigenvalue weighted by Crippen LogP contribution is -2.79. The molecular formula is C23H29NO5. The molecule has 4 atom stereocenters. The molecule has 2 saturated carbocycles. The standard InChI is InChI=1S/C23H29NO5/c1-26-16-5-4-15-12-17-22(25)6-7-23(27-10-11-28-23)20-21(22,18(15)19(16)29-20)8-9-24(17)13-14-2-3-14/h4-5,14,17,20,25H,2-3,6-13H2,1H3/t17-,20?,21+,22?/m0/s1. The highest BCUT2D eigenvalue weighted by Crippen LogP contribution is 2.68. The quantitative estimate of drug-likeness (QED) is 0.839. The van der Waals surface area contributed by atoms with E-state index in [1.54, 1.807) is 7.11 Å². The molecule has 3 aliphatic carbocycles. The second-order valence-corrected chi connectivity index (χ2v) is 9.94. The van der Waals surface area contributed by atoms with E-state index in [1.165, 1.54) is 24.0 Å². The van der Waals surface area contributed by atoms with Crippen molar-refractivity contribution in [2.75, 3.05) is 33.4 Å². The summed E-state index contributed by atoms with van der Waals surface area (Å²) in [6, 6.07) is 4.35. The summed E-state index contributed by atoms with van der Waals surface area (Å²) in [5.41, 5.74) is 1.16. The van der Waals surface area contributed by atoms with Crippen molar-refractivity contribution in [2.24, 2.45) is 5.92 Å². The molecule has 2 spiro atoms. The largest absolute Gasteiger partial charge is 0.493 e. The molecule has 2 saturated heterocycles. The number of benzene rings is 1. The number of likely N-dealkylation sites (tertiary alicyclic amines) is 1. The van der Waals surface area contributed by atoms with E-state index in [9.17, 15) is 5.11 Å². The lowest BCUT2D eigenvalue weighted by molar-refractivity contribution is -0.296. The summed E-state index contributed by atoms with van der Waals surface area (Å²) < 4.78 is 24.8. The molecule has 3 aliphatic heterocycles. The average Bonchev–Trinajstić information content (AvgIpc) is 3.28. The highest BCUT2D eigenvalue weighted by Gasteiger charge is 2.77. The molecule has 7 rings (SSSR count). The number of piperidine rings is 1. The summed E-state index contributed by atoms with van der Waals surface area (Å²) in [5.74, 6) is 1.62. The Labute approximate surface area is 171 Å². The van der Waals surface area contributed by atoms with E-state index in [-0.39, 0.29) is 12.1 Å². The third kappa shape index (κ3) is 1.93. The Morgan fingerprint density at radius 2 is 2.00 bits per heavy atom. The zero-order valence-electron chi connectivity index (χ0n) is 17.0. The van der Waals surface area contributed by atoms with Crippen LogP contribution in [0.15, 0.2) is 12.1 Å². The fourth-order valence-electron chi connectivity index (χ4n) is 7.36. The molecule has 29 heavy (non-hydrogen) atoms.